The van der Waals surface area contributed by atoms with Crippen molar-refractivity contribution in [3.05, 3.63) is 130 Å². The molecule has 9 heteroatoms. The lowest BCUT2D eigenvalue weighted by molar-refractivity contribution is -0.154. The topological polar surface area (TPSA) is 149 Å². The predicted octanol–water partition coefficient (Wildman–Crippen LogP) is 3.83. The molecule has 5 N–H and O–H groups in total. The van der Waals surface area contributed by atoms with E-state index in [9.17, 15) is 14.9 Å². The van der Waals surface area contributed by atoms with E-state index in [4.69, 9.17) is 15.2 Å². The first-order valence-corrected chi connectivity index (χ1v) is 14.0. The average molecular weight is 581 g/mol. The Morgan fingerprint density at radius 3 is 2.09 bits per heavy atom. The van der Waals surface area contributed by atoms with Crippen molar-refractivity contribution >= 4 is 11.9 Å². The molecule has 2 aliphatic rings. The van der Waals surface area contributed by atoms with E-state index in [2.05, 4.69) is 40.6 Å². The van der Waals surface area contributed by atoms with E-state index < -0.39 is 17.9 Å². The number of ether oxygens (including phenoxy) is 2. The molecule has 1 fully saturated rings. The molecule has 1 atom stereocenters. The van der Waals surface area contributed by atoms with E-state index in [0.29, 0.717) is 29.9 Å². The summed E-state index contributed by atoms with van der Waals surface area (Å²) in [4.78, 5) is 29.4. The highest BCUT2D eigenvalue weighted by atomic mass is 16.6. The maximum absolute atomic E-state index is 13.8. The number of nitrogens with one attached hydrogen (secondary N) is 1. The average Bonchev–Trinajstić information content (AvgIpc) is 2.96. The standard InChI is InChI=1S/C34H34N4O4.H2O/c1-21(2)41-33(39)28-22(3)37-32(36)30(29(28)26-16-10-11-23(17-26)18-35)34(40)42-27-19-38(20-27)31(24-12-6-4-7-13-24)25-14-8-5-9-15-25;/h4-17,21,27,29,31,37H,19-20,36H2,1-3H3;1H2. The summed E-state index contributed by atoms with van der Waals surface area (Å²) in [6.07, 6.45) is -0.734. The van der Waals surface area contributed by atoms with Crippen LogP contribution in [0.25, 0.3) is 0 Å². The van der Waals surface area contributed by atoms with Crippen LogP contribution in [0.4, 0.5) is 0 Å². The molecular weight excluding hydrogens is 544 g/mol. The fourth-order valence-corrected chi connectivity index (χ4v) is 5.61. The molecule has 3 aromatic carbocycles. The third-order valence-corrected chi connectivity index (χ3v) is 7.47. The Kier molecular flexibility index (Phi) is 9.66. The molecule has 0 bridgehead atoms. The van der Waals surface area contributed by atoms with Crippen LogP contribution in [-0.2, 0) is 19.1 Å². The molecule has 1 unspecified atom stereocenters. The van der Waals surface area contributed by atoms with Crippen LogP contribution in [0.1, 0.15) is 55.0 Å². The van der Waals surface area contributed by atoms with Crippen molar-refractivity contribution in [2.75, 3.05) is 13.1 Å². The fourth-order valence-electron chi connectivity index (χ4n) is 5.61. The van der Waals surface area contributed by atoms with Gasteiger partial charge in [0, 0.05) is 18.8 Å². The molecule has 9 nitrogen and oxygen atoms in total. The van der Waals surface area contributed by atoms with Gasteiger partial charge in [0.2, 0.25) is 0 Å². The van der Waals surface area contributed by atoms with Gasteiger partial charge in [-0.3, -0.25) is 4.90 Å². The quantitative estimate of drug-likeness (QED) is 0.382. The Hall–Kier alpha value is -4.91. The van der Waals surface area contributed by atoms with Crippen LogP contribution >= 0.6 is 0 Å². The Labute approximate surface area is 251 Å². The number of nitrogens with two attached hydrogens (primary N) is 1. The highest BCUT2D eigenvalue weighted by molar-refractivity contribution is 6.00. The molecule has 0 spiro atoms. The van der Waals surface area contributed by atoms with Crippen molar-refractivity contribution in [2.45, 2.75) is 44.9 Å². The molecule has 3 aromatic rings. The van der Waals surface area contributed by atoms with Gasteiger partial charge in [-0.05, 0) is 49.6 Å². The second kappa shape index (κ2) is 13.4. The molecule has 43 heavy (non-hydrogen) atoms. The zero-order valence-electron chi connectivity index (χ0n) is 24.4. The normalized spacial score (nSPS) is 17.1. The third-order valence-electron chi connectivity index (χ3n) is 7.47. The number of carbonyl (C=O) groups is 2. The van der Waals surface area contributed by atoms with Gasteiger partial charge in [-0.2, -0.15) is 5.26 Å². The van der Waals surface area contributed by atoms with Crippen molar-refractivity contribution in [2.24, 2.45) is 5.73 Å². The summed E-state index contributed by atoms with van der Waals surface area (Å²) in [7, 11) is 0. The summed E-state index contributed by atoms with van der Waals surface area (Å²) in [6, 6.07) is 29.4. The number of hydrogen-bond acceptors (Lipinski definition) is 8. The predicted molar refractivity (Wildman–Crippen MR) is 162 cm³/mol. The van der Waals surface area contributed by atoms with Gasteiger partial charge in [0.25, 0.3) is 0 Å². The first-order chi connectivity index (χ1) is 20.3. The van der Waals surface area contributed by atoms with Crippen LogP contribution in [0.15, 0.2) is 108 Å². The van der Waals surface area contributed by atoms with Gasteiger partial charge < -0.3 is 26.0 Å². The van der Waals surface area contributed by atoms with E-state index in [0.717, 1.165) is 11.1 Å². The van der Waals surface area contributed by atoms with Gasteiger partial charge in [-0.1, -0.05) is 72.8 Å². The summed E-state index contributed by atoms with van der Waals surface area (Å²) in [5, 5.41) is 12.5. The number of carbonyl (C=O) groups excluding carboxylic acids is 2. The largest absolute Gasteiger partial charge is 0.460 e. The summed E-state index contributed by atoms with van der Waals surface area (Å²) >= 11 is 0. The maximum atomic E-state index is 13.8. The van der Waals surface area contributed by atoms with Gasteiger partial charge in [-0.15, -0.1) is 0 Å². The lowest BCUT2D eigenvalue weighted by Crippen LogP contribution is -2.54. The fraction of sp³-hybridized carbons (Fsp3) is 0.265. The number of hydrogen-bond donors (Lipinski definition) is 2. The van der Waals surface area contributed by atoms with E-state index in [1.54, 1.807) is 45.0 Å². The molecule has 0 saturated carbocycles. The Balaban J connectivity index is 0.00000423. The molecular formula is C34H36N4O5. The van der Waals surface area contributed by atoms with Crippen LogP contribution in [0, 0.1) is 11.3 Å². The summed E-state index contributed by atoms with van der Waals surface area (Å²) < 4.78 is 11.5. The highest BCUT2D eigenvalue weighted by Crippen LogP contribution is 2.40. The summed E-state index contributed by atoms with van der Waals surface area (Å²) in [6.45, 7) is 6.30. The minimum Gasteiger partial charge on any atom is -0.460 e. The molecule has 0 amide bonds. The number of rotatable bonds is 8. The van der Waals surface area contributed by atoms with Crippen LogP contribution in [-0.4, -0.2) is 47.6 Å². The van der Waals surface area contributed by atoms with E-state index in [-0.39, 0.29) is 40.7 Å². The van der Waals surface area contributed by atoms with Gasteiger partial charge in [0.05, 0.1) is 40.8 Å². The number of allylic oxidation sites excluding steroid dienone is 1. The molecule has 0 aromatic heterocycles. The van der Waals surface area contributed by atoms with Crippen molar-refractivity contribution in [1.29, 1.82) is 5.26 Å². The minimum atomic E-state index is -0.865. The molecule has 0 aliphatic carbocycles. The third kappa shape index (κ3) is 6.61. The molecule has 5 rings (SSSR count). The SMILES string of the molecule is CC1=C(C(=O)OC(C)C)C(c2cccc(C#N)c2)C(C(=O)OC2CN(C(c3ccccc3)c3ccccc3)C2)=C(N)N1.O. The molecule has 222 valence electrons. The minimum absolute atomic E-state index is 0. The van der Waals surface area contributed by atoms with Gasteiger partial charge in [0.15, 0.2) is 0 Å². The smallest absolute Gasteiger partial charge is 0.339 e. The monoisotopic (exact) mass is 580 g/mol. The number of likely N-dealkylation sites (tertiary alicyclic amines) is 1. The van der Waals surface area contributed by atoms with Gasteiger partial charge in [-0.25, -0.2) is 9.59 Å². The van der Waals surface area contributed by atoms with E-state index >= 15 is 0 Å². The lowest BCUT2D eigenvalue weighted by atomic mass is 9.81. The lowest BCUT2D eigenvalue weighted by Gasteiger charge is -2.44. The van der Waals surface area contributed by atoms with Crippen molar-refractivity contribution in [1.82, 2.24) is 10.2 Å². The zero-order valence-corrected chi connectivity index (χ0v) is 24.4. The zero-order chi connectivity index (χ0) is 29.8. The maximum Gasteiger partial charge on any atom is 0.339 e. The van der Waals surface area contributed by atoms with Crippen LogP contribution < -0.4 is 11.1 Å². The molecule has 2 heterocycles. The number of nitriles is 1. The molecule has 0 radical (unpaired) electrons. The van der Waals surface area contributed by atoms with Crippen molar-refractivity contribution < 1.29 is 24.5 Å². The van der Waals surface area contributed by atoms with Crippen molar-refractivity contribution in [3.8, 4) is 6.07 Å². The molecule has 1 saturated heterocycles. The summed E-state index contributed by atoms with van der Waals surface area (Å²) in [5.41, 5.74) is 10.5. The Morgan fingerprint density at radius 2 is 1.53 bits per heavy atom. The number of nitrogens with zero attached hydrogens (tertiary/aromatic N) is 2. The Morgan fingerprint density at radius 1 is 0.930 bits per heavy atom. The van der Waals surface area contributed by atoms with Gasteiger partial charge in [0.1, 0.15) is 11.9 Å². The Bertz CT molecular complexity index is 1530. The number of benzene rings is 3. The summed E-state index contributed by atoms with van der Waals surface area (Å²) in [5.74, 6) is -1.94. The second-order valence-corrected chi connectivity index (χ2v) is 10.8. The number of dihydropyridines is 1. The first kappa shape index (κ1) is 31.0. The van der Waals surface area contributed by atoms with E-state index in [1.165, 1.54) is 0 Å². The molecule has 2 aliphatic heterocycles. The van der Waals surface area contributed by atoms with Crippen molar-refractivity contribution in [3.63, 3.8) is 0 Å². The first-order valence-electron chi connectivity index (χ1n) is 14.0. The highest BCUT2D eigenvalue weighted by Gasteiger charge is 2.42. The van der Waals surface area contributed by atoms with Gasteiger partial charge >= 0.3 is 11.9 Å². The van der Waals surface area contributed by atoms with E-state index in [1.807, 2.05) is 36.4 Å². The van der Waals surface area contributed by atoms with Crippen LogP contribution in [0.2, 0.25) is 0 Å². The number of esters is 2. The second-order valence-electron chi connectivity index (χ2n) is 10.8. The van der Waals surface area contributed by atoms with Crippen LogP contribution in [0.5, 0.6) is 0 Å². The van der Waals surface area contributed by atoms with Crippen LogP contribution in [0.3, 0.4) is 0 Å².